The summed E-state index contributed by atoms with van der Waals surface area (Å²) in [5, 5.41) is 8.01. The van der Waals surface area contributed by atoms with Crippen LogP contribution in [-0.4, -0.2) is 116 Å². The Morgan fingerprint density at radius 1 is 0.633 bits per heavy atom. The van der Waals surface area contributed by atoms with Gasteiger partial charge in [-0.15, -0.1) is 0 Å². The molecule has 12 nitrogen and oxygen atoms in total. The Morgan fingerprint density at radius 2 is 1.13 bits per heavy atom. The molecule has 2 aliphatic rings. The zero-order chi connectivity index (χ0) is 42.6. The van der Waals surface area contributed by atoms with Gasteiger partial charge >= 0.3 is 0 Å². The van der Waals surface area contributed by atoms with Gasteiger partial charge in [-0.1, -0.05) is 68.4 Å². The zero-order valence-corrected chi connectivity index (χ0v) is 36.1. The molecule has 0 spiro atoms. The second-order valence-corrected chi connectivity index (χ2v) is 16.2. The molecule has 0 radical (unpaired) electrons. The average molecular weight is 819 g/mol. The van der Waals surface area contributed by atoms with E-state index in [-0.39, 0.29) is 29.8 Å². The molecule has 6 rings (SSSR count). The molecule has 0 bridgehead atoms. The number of nitrogens with zero attached hydrogens (tertiary/aromatic N) is 4. The molecular weight excluding hydrogens is 757 g/mol. The molecule has 60 heavy (non-hydrogen) atoms. The molecule has 12 heteroatoms. The zero-order valence-electron chi connectivity index (χ0n) is 36.1. The van der Waals surface area contributed by atoms with Crippen LogP contribution in [0.4, 0.5) is 11.4 Å². The van der Waals surface area contributed by atoms with Gasteiger partial charge < -0.3 is 34.8 Å². The van der Waals surface area contributed by atoms with Crippen molar-refractivity contribution in [3.05, 3.63) is 119 Å². The number of hydrogen-bond acceptors (Lipinski definition) is 9. The van der Waals surface area contributed by atoms with Gasteiger partial charge in [0.25, 0.3) is 5.91 Å². The molecule has 2 heterocycles. The minimum Gasteiger partial charge on any atom is -0.493 e. The lowest BCUT2D eigenvalue weighted by Gasteiger charge is -2.25. The third kappa shape index (κ3) is 11.5. The number of ether oxygens (including phenoxy) is 2. The number of nitrogens with one attached hydrogen (secondary N) is 2. The SMILES string of the molecule is CCCOc1ccccc1CON1C[C@@H](N(C)C)C[C@H]1C(=O)Nc1ccc(CCc2ccc(NC(=O)[C@@H]3C[C@H](N(C)C)CN3C(=O)c3ccccc3OCCC)cc2)cc1. The molecule has 2 aliphatic heterocycles. The quantitative estimate of drug-likeness (QED) is 0.104. The average Bonchev–Trinajstić information content (AvgIpc) is 3.91. The summed E-state index contributed by atoms with van der Waals surface area (Å²) < 4.78 is 11.8. The van der Waals surface area contributed by atoms with Crippen molar-refractivity contribution >= 4 is 29.1 Å². The van der Waals surface area contributed by atoms with Gasteiger partial charge in [0, 0.05) is 42.1 Å². The predicted molar refractivity (Wildman–Crippen MR) is 236 cm³/mol. The van der Waals surface area contributed by atoms with Crippen LogP contribution < -0.4 is 20.1 Å². The number of hydroxylamine groups is 2. The standard InChI is InChI=1S/C48H62N6O6/c1-7-27-58-44-15-11-9-13-36(44)33-60-54-32-40(52(5)6)30-43(54)47(56)50-38-25-21-35(22-26-38)18-17-34-19-23-37(24-20-34)49-46(55)42-29-39(51(3)4)31-53(42)48(57)41-14-10-12-16-45(41)59-28-8-2/h9-16,19-26,39-40,42-43H,7-8,17-18,27-33H2,1-6H3,(H,49,55)(H,50,56)/t39-,40-,42-,43-/m0/s1. The number of likely N-dealkylation sites (N-methyl/N-ethyl adjacent to an activating group) is 2. The summed E-state index contributed by atoms with van der Waals surface area (Å²) in [6.45, 7) is 6.65. The fraction of sp³-hybridized carbons (Fsp3) is 0.438. The highest BCUT2D eigenvalue weighted by molar-refractivity contribution is 6.03. The maximum absolute atomic E-state index is 13.9. The van der Waals surface area contributed by atoms with Gasteiger partial charge in [-0.3, -0.25) is 19.2 Å². The van der Waals surface area contributed by atoms with Crippen molar-refractivity contribution in [3.8, 4) is 11.5 Å². The Balaban J connectivity index is 1.01. The van der Waals surface area contributed by atoms with Crippen molar-refractivity contribution in [2.24, 2.45) is 0 Å². The van der Waals surface area contributed by atoms with E-state index in [4.69, 9.17) is 14.3 Å². The minimum atomic E-state index is -0.615. The van der Waals surface area contributed by atoms with Crippen LogP contribution in [0.3, 0.4) is 0 Å². The Morgan fingerprint density at radius 3 is 1.72 bits per heavy atom. The smallest absolute Gasteiger partial charge is 0.258 e. The maximum Gasteiger partial charge on any atom is 0.258 e. The van der Waals surface area contributed by atoms with E-state index in [0.717, 1.165) is 53.8 Å². The normalized spacial score (nSPS) is 19.2. The topological polar surface area (TPSA) is 116 Å². The molecule has 4 aromatic carbocycles. The Labute approximate surface area is 355 Å². The molecule has 0 saturated carbocycles. The molecule has 4 atom stereocenters. The highest BCUT2D eigenvalue weighted by Gasteiger charge is 2.42. The van der Waals surface area contributed by atoms with Crippen LogP contribution in [0.25, 0.3) is 0 Å². The Bertz CT molecular complexity index is 2020. The van der Waals surface area contributed by atoms with Gasteiger partial charge in [0.05, 0.1) is 25.4 Å². The molecule has 2 saturated heterocycles. The van der Waals surface area contributed by atoms with Gasteiger partial charge in [0.2, 0.25) is 11.8 Å². The highest BCUT2D eigenvalue weighted by atomic mass is 16.7. The van der Waals surface area contributed by atoms with Crippen LogP contribution in [0.2, 0.25) is 0 Å². The molecule has 2 fully saturated rings. The van der Waals surface area contributed by atoms with Crippen molar-refractivity contribution in [1.82, 2.24) is 19.8 Å². The first-order valence-corrected chi connectivity index (χ1v) is 21.3. The molecular formula is C48H62N6O6. The number of carbonyl (C=O) groups excluding carboxylic acids is 3. The summed E-state index contributed by atoms with van der Waals surface area (Å²) in [6.07, 6.45) is 4.57. The van der Waals surface area contributed by atoms with E-state index >= 15 is 0 Å². The number of benzene rings is 4. The van der Waals surface area contributed by atoms with E-state index < -0.39 is 12.1 Å². The molecule has 320 valence electrons. The second-order valence-electron chi connectivity index (χ2n) is 16.2. The third-order valence-electron chi connectivity index (χ3n) is 11.4. The van der Waals surface area contributed by atoms with Crippen LogP contribution in [0, 0.1) is 0 Å². The lowest BCUT2D eigenvalue weighted by atomic mass is 10.0. The fourth-order valence-corrected chi connectivity index (χ4v) is 7.71. The molecule has 4 aromatic rings. The van der Waals surface area contributed by atoms with Crippen LogP contribution in [0.5, 0.6) is 11.5 Å². The first-order valence-electron chi connectivity index (χ1n) is 21.3. The summed E-state index contributed by atoms with van der Waals surface area (Å²) >= 11 is 0. The van der Waals surface area contributed by atoms with Gasteiger partial charge in [-0.25, -0.2) is 0 Å². The number of para-hydroxylation sites is 2. The van der Waals surface area contributed by atoms with Crippen LogP contribution in [0.1, 0.15) is 66.6 Å². The number of rotatable bonds is 19. The van der Waals surface area contributed by atoms with Gasteiger partial charge in [0.15, 0.2) is 0 Å². The number of anilines is 2. The van der Waals surface area contributed by atoms with Crippen molar-refractivity contribution in [2.75, 3.05) is 65.1 Å². The summed E-state index contributed by atoms with van der Waals surface area (Å²) in [5.41, 5.74) is 5.13. The predicted octanol–water partition coefficient (Wildman–Crippen LogP) is 6.91. The van der Waals surface area contributed by atoms with E-state index in [0.29, 0.717) is 62.8 Å². The van der Waals surface area contributed by atoms with Crippen LogP contribution in [0.15, 0.2) is 97.1 Å². The number of carbonyl (C=O) groups is 3. The van der Waals surface area contributed by atoms with Crippen molar-refractivity contribution in [3.63, 3.8) is 0 Å². The molecule has 0 aliphatic carbocycles. The first-order chi connectivity index (χ1) is 29.0. The number of amides is 3. The van der Waals surface area contributed by atoms with E-state index in [9.17, 15) is 14.4 Å². The van der Waals surface area contributed by atoms with Gasteiger partial charge in [-0.2, -0.15) is 5.06 Å². The Hall–Kier alpha value is -5.27. The second kappa shape index (κ2) is 21.3. The lowest BCUT2D eigenvalue weighted by molar-refractivity contribution is -0.183. The minimum absolute atomic E-state index is 0.0551. The lowest BCUT2D eigenvalue weighted by Crippen LogP contribution is -2.43. The van der Waals surface area contributed by atoms with Crippen molar-refractivity contribution in [2.45, 2.75) is 83.1 Å². The summed E-state index contributed by atoms with van der Waals surface area (Å²) in [6, 6.07) is 30.2. The van der Waals surface area contributed by atoms with E-state index in [1.165, 1.54) is 0 Å². The molecule has 0 unspecified atom stereocenters. The molecule has 0 aromatic heterocycles. The number of hydrogen-bond donors (Lipinski definition) is 2. The monoisotopic (exact) mass is 818 g/mol. The number of aryl methyl sites for hydroxylation is 2. The van der Waals surface area contributed by atoms with E-state index in [1.54, 1.807) is 11.0 Å². The van der Waals surface area contributed by atoms with Crippen molar-refractivity contribution in [1.29, 1.82) is 0 Å². The molecule has 2 N–H and O–H groups in total. The van der Waals surface area contributed by atoms with E-state index in [1.807, 2.05) is 131 Å². The maximum atomic E-state index is 13.9. The van der Waals surface area contributed by atoms with Gasteiger partial charge in [-0.05, 0) is 120 Å². The summed E-state index contributed by atoms with van der Waals surface area (Å²) in [7, 11) is 8.02. The summed E-state index contributed by atoms with van der Waals surface area (Å²) in [5.74, 6) is 0.844. The van der Waals surface area contributed by atoms with Crippen molar-refractivity contribution < 1.29 is 28.7 Å². The Kier molecular flexibility index (Phi) is 15.7. The van der Waals surface area contributed by atoms with Crippen LogP contribution >= 0.6 is 0 Å². The summed E-state index contributed by atoms with van der Waals surface area (Å²) in [4.78, 5) is 53.4. The third-order valence-corrected chi connectivity index (χ3v) is 11.4. The fourth-order valence-electron chi connectivity index (χ4n) is 7.71. The largest absolute Gasteiger partial charge is 0.493 e. The number of likely N-dealkylation sites (tertiary alicyclic amines) is 1. The van der Waals surface area contributed by atoms with E-state index in [2.05, 4.69) is 27.4 Å². The highest BCUT2D eigenvalue weighted by Crippen LogP contribution is 2.29. The first kappa shape index (κ1) is 44.3. The van der Waals surface area contributed by atoms with Gasteiger partial charge in [0.1, 0.15) is 23.6 Å². The van der Waals surface area contributed by atoms with Crippen LogP contribution in [-0.2, 0) is 33.9 Å². The molecule has 3 amide bonds.